The maximum absolute atomic E-state index is 11.7. The van der Waals surface area contributed by atoms with Gasteiger partial charge in [-0.3, -0.25) is 0 Å². The topological polar surface area (TPSA) is 50.4 Å². The highest BCUT2D eigenvalue weighted by atomic mass is 32.2. The van der Waals surface area contributed by atoms with Crippen LogP contribution >= 0.6 is 11.8 Å². The average Bonchev–Trinajstić information content (AvgIpc) is 3.29. The first kappa shape index (κ1) is 15.7. The van der Waals surface area contributed by atoms with Gasteiger partial charge in [0.25, 0.3) is 0 Å². The van der Waals surface area contributed by atoms with Crippen LogP contribution in [0.15, 0.2) is 30.3 Å². The van der Waals surface area contributed by atoms with Crippen LogP contribution in [-0.4, -0.2) is 35.7 Å². The minimum absolute atomic E-state index is 0.255. The highest BCUT2D eigenvalue weighted by molar-refractivity contribution is 8.00. The van der Waals surface area contributed by atoms with Crippen LogP contribution in [-0.2, 0) is 11.3 Å². The number of carbonyl (C=O) groups excluding carboxylic acids is 1. The van der Waals surface area contributed by atoms with Gasteiger partial charge in [-0.2, -0.15) is 11.8 Å². The molecule has 2 saturated carbocycles. The Kier molecular flexibility index (Phi) is 4.93. The maximum atomic E-state index is 11.7. The van der Waals surface area contributed by atoms with Gasteiger partial charge in [0.1, 0.15) is 6.61 Å². The van der Waals surface area contributed by atoms with E-state index in [0.29, 0.717) is 17.4 Å². The summed E-state index contributed by atoms with van der Waals surface area (Å²) in [5, 5.41) is 6.56. The molecule has 0 atom stereocenters. The maximum Gasteiger partial charge on any atom is 0.407 e. The molecule has 0 aliphatic heterocycles. The second-order valence-electron chi connectivity index (χ2n) is 6.34. The lowest BCUT2D eigenvalue weighted by atomic mass is 9.87. The fourth-order valence-electron chi connectivity index (χ4n) is 2.76. The lowest BCUT2D eigenvalue weighted by molar-refractivity contribution is 0.125. The van der Waals surface area contributed by atoms with Crippen LogP contribution in [0.4, 0.5) is 4.79 Å². The molecular formula is C17H24N2O2S. The average molecular weight is 320 g/mol. The van der Waals surface area contributed by atoms with E-state index in [1.54, 1.807) is 0 Å². The number of carbonyl (C=O) groups is 1. The fraction of sp³-hybridized carbons (Fsp3) is 0.588. The predicted octanol–water partition coefficient (Wildman–Crippen LogP) is 2.93. The summed E-state index contributed by atoms with van der Waals surface area (Å²) < 4.78 is 5.74. The fourth-order valence-corrected chi connectivity index (χ4v) is 3.49. The minimum Gasteiger partial charge on any atom is -0.445 e. The van der Waals surface area contributed by atoms with Crippen LogP contribution in [0.2, 0.25) is 0 Å². The minimum atomic E-state index is -0.310. The zero-order valence-electron chi connectivity index (χ0n) is 13.0. The Morgan fingerprint density at radius 1 is 1.27 bits per heavy atom. The van der Waals surface area contributed by atoms with E-state index in [-0.39, 0.29) is 12.1 Å². The molecule has 1 amide bonds. The van der Waals surface area contributed by atoms with Gasteiger partial charge in [-0.25, -0.2) is 4.79 Å². The second kappa shape index (κ2) is 6.92. The van der Waals surface area contributed by atoms with Crippen molar-refractivity contribution in [1.29, 1.82) is 0 Å². The Bertz CT molecular complexity index is 499. The molecule has 1 aromatic carbocycles. The van der Waals surface area contributed by atoms with E-state index in [1.807, 2.05) is 42.1 Å². The van der Waals surface area contributed by atoms with Crippen LogP contribution in [0.25, 0.3) is 0 Å². The van der Waals surface area contributed by atoms with Crippen molar-refractivity contribution in [3.63, 3.8) is 0 Å². The first-order valence-electron chi connectivity index (χ1n) is 7.95. The van der Waals surface area contributed by atoms with Crippen molar-refractivity contribution in [3.05, 3.63) is 35.9 Å². The summed E-state index contributed by atoms with van der Waals surface area (Å²) in [6, 6.07) is 10.6. The van der Waals surface area contributed by atoms with Gasteiger partial charge in [0.15, 0.2) is 0 Å². The van der Waals surface area contributed by atoms with E-state index >= 15 is 0 Å². The largest absolute Gasteiger partial charge is 0.445 e. The van der Waals surface area contributed by atoms with Crippen molar-refractivity contribution < 1.29 is 9.53 Å². The van der Waals surface area contributed by atoms with Crippen molar-refractivity contribution in [1.82, 2.24) is 10.6 Å². The Labute approximate surface area is 136 Å². The van der Waals surface area contributed by atoms with Gasteiger partial charge < -0.3 is 15.4 Å². The third-order valence-electron chi connectivity index (χ3n) is 4.63. The number of ether oxygens (including phenoxy) is 1. The molecule has 0 saturated heterocycles. The monoisotopic (exact) mass is 320 g/mol. The molecule has 4 nitrogen and oxygen atoms in total. The summed E-state index contributed by atoms with van der Waals surface area (Å²) in [7, 11) is 0. The molecular weight excluding hydrogens is 296 g/mol. The molecule has 120 valence electrons. The van der Waals surface area contributed by atoms with E-state index in [1.165, 1.54) is 12.8 Å². The number of alkyl carbamates (subject to hydrolysis) is 1. The summed E-state index contributed by atoms with van der Waals surface area (Å²) >= 11 is 1.98. The number of thioether (sulfide) groups is 1. The molecule has 2 fully saturated rings. The molecule has 0 heterocycles. The standard InChI is InChI=1S/C17H24N2O2S/c1-22-17(7-8-17)12-18-14-9-15(10-14)19-16(20)21-11-13-5-3-2-4-6-13/h2-6,14-15,18H,7-12H2,1H3,(H,19,20). The van der Waals surface area contributed by atoms with Gasteiger partial charge in [0, 0.05) is 23.4 Å². The third-order valence-corrected chi connectivity index (χ3v) is 6.05. The lowest BCUT2D eigenvalue weighted by Crippen LogP contribution is -2.53. The summed E-state index contributed by atoms with van der Waals surface area (Å²) in [5.74, 6) is 0. The molecule has 3 rings (SSSR count). The van der Waals surface area contributed by atoms with Gasteiger partial charge in [-0.1, -0.05) is 30.3 Å². The summed E-state index contributed by atoms with van der Waals surface area (Å²) in [6.07, 6.45) is 6.57. The second-order valence-corrected chi connectivity index (χ2v) is 7.61. The Morgan fingerprint density at radius 3 is 2.64 bits per heavy atom. The van der Waals surface area contributed by atoms with Crippen LogP contribution in [0.3, 0.4) is 0 Å². The Hall–Kier alpha value is -1.20. The quantitative estimate of drug-likeness (QED) is 0.811. The molecule has 0 radical (unpaired) electrons. The van der Waals surface area contributed by atoms with E-state index in [9.17, 15) is 4.79 Å². The van der Waals surface area contributed by atoms with Crippen molar-refractivity contribution in [2.75, 3.05) is 12.8 Å². The van der Waals surface area contributed by atoms with Gasteiger partial charge >= 0.3 is 6.09 Å². The van der Waals surface area contributed by atoms with Crippen molar-refractivity contribution >= 4 is 17.9 Å². The zero-order chi connectivity index (χ0) is 15.4. The summed E-state index contributed by atoms with van der Waals surface area (Å²) in [6.45, 7) is 1.43. The van der Waals surface area contributed by atoms with E-state index in [0.717, 1.165) is 24.9 Å². The highest BCUT2D eigenvalue weighted by Gasteiger charge is 2.42. The molecule has 2 aliphatic carbocycles. The molecule has 2 N–H and O–H groups in total. The van der Waals surface area contributed by atoms with E-state index in [2.05, 4.69) is 16.9 Å². The summed E-state index contributed by atoms with van der Waals surface area (Å²) in [4.78, 5) is 11.7. The number of benzene rings is 1. The van der Waals surface area contributed by atoms with Crippen LogP contribution in [0, 0.1) is 0 Å². The molecule has 5 heteroatoms. The first-order chi connectivity index (χ1) is 10.7. The SMILES string of the molecule is CSC1(CNC2CC(NC(=O)OCc3ccccc3)C2)CC1. The molecule has 0 bridgehead atoms. The predicted molar refractivity (Wildman–Crippen MR) is 90.1 cm³/mol. The van der Waals surface area contributed by atoms with Crippen LogP contribution in [0.1, 0.15) is 31.2 Å². The lowest BCUT2D eigenvalue weighted by Gasteiger charge is -2.37. The number of rotatable bonds is 7. The molecule has 22 heavy (non-hydrogen) atoms. The number of hydrogen-bond acceptors (Lipinski definition) is 4. The van der Waals surface area contributed by atoms with Crippen molar-refractivity contribution in [2.24, 2.45) is 0 Å². The highest BCUT2D eigenvalue weighted by Crippen LogP contribution is 2.46. The van der Waals surface area contributed by atoms with E-state index in [4.69, 9.17) is 4.74 Å². The molecule has 0 aromatic heterocycles. The smallest absolute Gasteiger partial charge is 0.407 e. The summed E-state index contributed by atoms with van der Waals surface area (Å²) in [5.41, 5.74) is 1.01. The van der Waals surface area contributed by atoms with E-state index < -0.39 is 0 Å². The molecule has 1 aromatic rings. The van der Waals surface area contributed by atoms with Gasteiger partial charge in [-0.05, 0) is 37.5 Å². The number of nitrogens with one attached hydrogen (secondary N) is 2. The van der Waals surface area contributed by atoms with Crippen molar-refractivity contribution in [3.8, 4) is 0 Å². The third kappa shape index (κ3) is 4.17. The molecule has 0 unspecified atom stereocenters. The van der Waals surface area contributed by atoms with Gasteiger partial charge in [-0.15, -0.1) is 0 Å². The van der Waals surface area contributed by atoms with Crippen molar-refractivity contribution in [2.45, 2.75) is 49.1 Å². The normalized spacial score (nSPS) is 25.1. The Balaban J connectivity index is 1.28. The number of amides is 1. The van der Waals surface area contributed by atoms with Crippen LogP contribution < -0.4 is 10.6 Å². The molecule has 0 spiro atoms. The van der Waals surface area contributed by atoms with Gasteiger partial charge in [0.2, 0.25) is 0 Å². The molecule has 2 aliphatic rings. The zero-order valence-corrected chi connectivity index (χ0v) is 13.8. The van der Waals surface area contributed by atoms with Gasteiger partial charge in [0.05, 0.1) is 0 Å². The Morgan fingerprint density at radius 2 is 2.00 bits per heavy atom. The number of hydrogen-bond donors (Lipinski definition) is 2. The first-order valence-corrected chi connectivity index (χ1v) is 9.17. The van der Waals surface area contributed by atoms with Crippen LogP contribution in [0.5, 0.6) is 0 Å².